The molecule has 0 aromatic heterocycles. The Labute approximate surface area is 333 Å². The highest BCUT2D eigenvalue weighted by Crippen LogP contribution is 2.43. The lowest BCUT2D eigenvalue weighted by molar-refractivity contribution is -0.161. The van der Waals surface area contributed by atoms with Gasteiger partial charge in [-0.25, -0.2) is 4.57 Å². The molecule has 0 saturated heterocycles. The van der Waals surface area contributed by atoms with E-state index < -0.39 is 51.1 Å². The van der Waals surface area contributed by atoms with E-state index in [0.29, 0.717) is 12.8 Å². The molecule has 3 atom stereocenters. The van der Waals surface area contributed by atoms with E-state index in [0.717, 1.165) is 83.5 Å². The summed E-state index contributed by atoms with van der Waals surface area (Å²) in [6.45, 7) is 2.70. The number of carboxylic acid groups (broad SMARTS) is 1. The van der Waals surface area contributed by atoms with E-state index in [2.05, 4.69) is 67.0 Å². The van der Waals surface area contributed by atoms with Gasteiger partial charge >= 0.3 is 25.7 Å². The molecule has 0 bridgehead atoms. The van der Waals surface area contributed by atoms with E-state index in [4.69, 9.17) is 24.8 Å². The molecule has 0 saturated carbocycles. The van der Waals surface area contributed by atoms with Crippen molar-refractivity contribution in [1.82, 2.24) is 0 Å². The standard InChI is InChI=1S/C43H76NO10P/c1-3-5-7-9-11-13-15-17-19-20-21-23-25-27-29-31-33-35-42(46)54-39(37-52-55(49,50)53-38-40(44)43(47)48)36-51-41(45)34-32-30-28-26-24-22-18-16-14-12-10-8-6-4-2/h10-13,16-19,39-40H,3-9,14-15,20-38,44H2,1-2H3,(H,47,48)(H,49,50)/b12-10-,13-11-,18-16-,19-17-. The number of esters is 2. The van der Waals surface area contributed by atoms with Gasteiger partial charge < -0.3 is 25.2 Å². The maximum Gasteiger partial charge on any atom is 0.472 e. The van der Waals surface area contributed by atoms with Crippen molar-refractivity contribution in [3.8, 4) is 0 Å². The number of unbranched alkanes of at least 4 members (excludes halogenated alkanes) is 17. The molecule has 318 valence electrons. The molecule has 0 radical (unpaired) electrons. The Bertz CT molecular complexity index is 1120. The number of allylic oxidation sites excluding steroid dienone is 8. The van der Waals surface area contributed by atoms with E-state index in [1.807, 2.05) is 0 Å². The van der Waals surface area contributed by atoms with E-state index in [9.17, 15) is 23.8 Å². The first kappa shape index (κ1) is 52.4. The Hall–Kier alpha value is -2.56. The first-order valence-corrected chi connectivity index (χ1v) is 22.7. The Morgan fingerprint density at radius 3 is 1.47 bits per heavy atom. The fourth-order valence-electron chi connectivity index (χ4n) is 5.40. The number of phosphoric acid groups is 1. The highest BCUT2D eigenvalue weighted by molar-refractivity contribution is 7.47. The van der Waals surface area contributed by atoms with Crippen molar-refractivity contribution >= 4 is 25.7 Å². The number of carbonyl (C=O) groups is 3. The summed E-state index contributed by atoms with van der Waals surface area (Å²) in [7, 11) is -4.72. The van der Waals surface area contributed by atoms with Crippen molar-refractivity contribution in [3.05, 3.63) is 48.6 Å². The first-order chi connectivity index (χ1) is 26.6. The molecule has 0 rings (SSSR count). The van der Waals surface area contributed by atoms with Gasteiger partial charge in [0.25, 0.3) is 0 Å². The van der Waals surface area contributed by atoms with Crippen LogP contribution in [0.4, 0.5) is 0 Å². The zero-order valence-electron chi connectivity index (χ0n) is 34.3. The molecule has 12 heteroatoms. The van der Waals surface area contributed by atoms with Crippen molar-refractivity contribution in [1.29, 1.82) is 0 Å². The van der Waals surface area contributed by atoms with Crippen molar-refractivity contribution in [2.45, 2.75) is 187 Å². The third-order valence-corrected chi connectivity index (χ3v) is 9.75. The van der Waals surface area contributed by atoms with Crippen LogP contribution in [0.15, 0.2) is 48.6 Å². The number of hydrogen-bond donors (Lipinski definition) is 3. The second-order valence-electron chi connectivity index (χ2n) is 14.1. The van der Waals surface area contributed by atoms with Crippen LogP contribution in [0.1, 0.15) is 174 Å². The van der Waals surface area contributed by atoms with Gasteiger partial charge in [0, 0.05) is 12.8 Å². The topological polar surface area (TPSA) is 172 Å². The van der Waals surface area contributed by atoms with Crippen LogP contribution >= 0.6 is 7.82 Å². The molecule has 0 fully saturated rings. The normalized spacial score (nSPS) is 14.3. The fraction of sp³-hybridized carbons (Fsp3) is 0.744. The van der Waals surface area contributed by atoms with Crippen LogP contribution < -0.4 is 5.73 Å². The van der Waals surface area contributed by atoms with Crippen LogP contribution in [0.25, 0.3) is 0 Å². The second-order valence-corrected chi connectivity index (χ2v) is 15.6. The lowest BCUT2D eigenvalue weighted by Gasteiger charge is -2.20. The van der Waals surface area contributed by atoms with Gasteiger partial charge in [-0.3, -0.25) is 23.4 Å². The van der Waals surface area contributed by atoms with Crippen LogP contribution in [-0.4, -0.2) is 59.9 Å². The monoisotopic (exact) mass is 798 g/mol. The molecule has 0 aromatic carbocycles. The number of hydrogen-bond acceptors (Lipinski definition) is 9. The molecule has 0 aliphatic heterocycles. The quantitative estimate of drug-likeness (QED) is 0.0234. The minimum absolute atomic E-state index is 0.148. The smallest absolute Gasteiger partial charge is 0.472 e. The fourth-order valence-corrected chi connectivity index (χ4v) is 6.18. The third kappa shape index (κ3) is 38.1. The summed E-state index contributed by atoms with van der Waals surface area (Å²) < 4.78 is 32.6. The van der Waals surface area contributed by atoms with Crippen molar-refractivity contribution in [2.75, 3.05) is 19.8 Å². The number of rotatable bonds is 39. The van der Waals surface area contributed by atoms with Crippen LogP contribution in [-0.2, 0) is 37.5 Å². The Kier molecular flexibility index (Phi) is 36.5. The van der Waals surface area contributed by atoms with Gasteiger partial charge in [-0.15, -0.1) is 0 Å². The average molecular weight is 798 g/mol. The van der Waals surface area contributed by atoms with Crippen LogP contribution in [0.5, 0.6) is 0 Å². The summed E-state index contributed by atoms with van der Waals surface area (Å²) >= 11 is 0. The van der Waals surface area contributed by atoms with Crippen molar-refractivity contribution in [2.24, 2.45) is 5.73 Å². The summed E-state index contributed by atoms with van der Waals surface area (Å²) in [5.74, 6) is -2.41. The van der Waals surface area contributed by atoms with Crippen molar-refractivity contribution < 1.29 is 47.5 Å². The molecule has 4 N–H and O–H groups in total. The summed E-state index contributed by atoms with van der Waals surface area (Å²) in [5.41, 5.74) is 5.33. The molecule has 55 heavy (non-hydrogen) atoms. The SMILES string of the molecule is CCCC/C=C\C/C=C\CCCCCCCC(=O)OCC(COP(=O)(O)OCC(N)C(=O)O)OC(=O)CCCCCCCCC/C=C\C/C=C\CCCCC. The van der Waals surface area contributed by atoms with E-state index in [-0.39, 0.29) is 19.4 Å². The van der Waals surface area contributed by atoms with Crippen LogP contribution in [0, 0.1) is 0 Å². The van der Waals surface area contributed by atoms with E-state index in [1.54, 1.807) is 0 Å². The number of nitrogens with two attached hydrogens (primary N) is 1. The lowest BCUT2D eigenvalue weighted by Crippen LogP contribution is -2.34. The van der Waals surface area contributed by atoms with Crippen LogP contribution in [0.3, 0.4) is 0 Å². The predicted molar refractivity (Wildman–Crippen MR) is 222 cm³/mol. The zero-order chi connectivity index (χ0) is 40.7. The Morgan fingerprint density at radius 2 is 0.982 bits per heavy atom. The van der Waals surface area contributed by atoms with Crippen LogP contribution in [0.2, 0.25) is 0 Å². The molecule has 0 aromatic rings. The van der Waals surface area contributed by atoms with Gasteiger partial charge in [-0.1, -0.05) is 140 Å². The number of ether oxygens (including phenoxy) is 2. The molecule has 0 amide bonds. The predicted octanol–water partition coefficient (Wildman–Crippen LogP) is 11.0. The highest BCUT2D eigenvalue weighted by atomic mass is 31.2. The molecule has 11 nitrogen and oxygen atoms in total. The van der Waals surface area contributed by atoms with Gasteiger partial charge in [0.05, 0.1) is 13.2 Å². The average Bonchev–Trinajstić information content (AvgIpc) is 3.16. The lowest BCUT2D eigenvalue weighted by atomic mass is 10.1. The molecule has 0 spiro atoms. The maximum absolute atomic E-state index is 12.6. The number of phosphoric ester groups is 1. The number of carbonyl (C=O) groups excluding carboxylic acids is 2. The van der Waals surface area contributed by atoms with Gasteiger partial charge in [0.1, 0.15) is 12.6 Å². The van der Waals surface area contributed by atoms with Crippen molar-refractivity contribution in [3.63, 3.8) is 0 Å². The summed E-state index contributed by atoms with van der Waals surface area (Å²) in [6, 6.07) is -1.53. The van der Waals surface area contributed by atoms with Gasteiger partial charge in [0.15, 0.2) is 6.10 Å². The largest absolute Gasteiger partial charge is 0.480 e. The summed E-state index contributed by atoms with van der Waals surface area (Å²) in [6.07, 6.45) is 41.7. The van der Waals surface area contributed by atoms with Gasteiger partial charge in [-0.2, -0.15) is 0 Å². The maximum atomic E-state index is 12.6. The highest BCUT2D eigenvalue weighted by Gasteiger charge is 2.28. The molecular weight excluding hydrogens is 721 g/mol. The Balaban J connectivity index is 4.42. The minimum Gasteiger partial charge on any atom is -0.480 e. The molecular formula is C43H76NO10P. The molecule has 0 heterocycles. The second kappa shape index (κ2) is 38.3. The van der Waals surface area contributed by atoms with E-state index >= 15 is 0 Å². The number of carboxylic acids is 1. The molecule has 0 aliphatic carbocycles. The zero-order valence-corrected chi connectivity index (χ0v) is 35.2. The van der Waals surface area contributed by atoms with E-state index in [1.165, 1.54) is 51.4 Å². The summed E-state index contributed by atoms with van der Waals surface area (Å²) in [5, 5.41) is 8.88. The van der Waals surface area contributed by atoms with Gasteiger partial charge in [0.2, 0.25) is 0 Å². The molecule has 3 unspecified atom stereocenters. The van der Waals surface area contributed by atoms with Gasteiger partial charge in [-0.05, 0) is 70.6 Å². The molecule has 0 aliphatic rings. The third-order valence-electron chi connectivity index (χ3n) is 8.80. The number of aliphatic carboxylic acids is 1. The minimum atomic E-state index is -4.72. The summed E-state index contributed by atoms with van der Waals surface area (Å²) in [4.78, 5) is 45.9. The Morgan fingerprint density at radius 1 is 0.564 bits per heavy atom. The first-order valence-electron chi connectivity index (χ1n) is 21.2.